The van der Waals surface area contributed by atoms with Crippen LogP contribution in [0.25, 0.3) is 0 Å². The Morgan fingerprint density at radius 3 is 2.86 bits per heavy atom. The van der Waals surface area contributed by atoms with Gasteiger partial charge in [-0.1, -0.05) is 26.8 Å². The van der Waals surface area contributed by atoms with Gasteiger partial charge in [0.05, 0.1) is 0 Å². The summed E-state index contributed by atoms with van der Waals surface area (Å²) in [5.74, 6) is -0.0380. The fraction of sp³-hybridized carbons (Fsp3) is 0.588. The number of carbonyl (C=O) groups is 1. The maximum atomic E-state index is 12.6. The Hall–Kier alpha value is -1.55. The molecule has 1 unspecified atom stereocenters. The van der Waals surface area contributed by atoms with E-state index < -0.39 is 0 Å². The molecule has 0 bridgehead atoms. The number of hydrogen-bond acceptors (Lipinski definition) is 3. The molecule has 1 heterocycles. The van der Waals surface area contributed by atoms with Crippen LogP contribution in [-0.4, -0.2) is 30.2 Å². The largest absolute Gasteiger partial charge is 0.396 e. The Bertz CT molecular complexity index is 506. The third-order valence-electron chi connectivity index (χ3n) is 4.11. The molecule has 1 atom stereocenters. The number of amides is 1. The Kier molecular flexibility index (Phi) is 4.88. The van der Waals surface area contributed by atoms with Crippen LogP contribution in [0.15, 0.2) is 18.2 Å². The minimum atomic E-state index is -0.0779. The fourth-order valence-electron chi connectivity index (χ4n) is 2.81. The number of benzene rings is 1. The lowest BCUT2D eigenvalue weighted by molar-refractivity contribution is 0.0884. The van der Waals surface area contributed by atoms with E-state index in [4.69, 9.17) is 0 Å². The number of hydrogen-bond donors (Lipinski definition) is 3. The van der Waals surface area contributed by atoms with Gasteiger partial charge in [0, 0.05) is 30.4 Å². The van der Waals surface area contributed by atoms with Crippen molar-refractivity contribution in [3.05, 3.63) is 29.3 Å². The topological polar surface area (TPSA) is 61.4 Å². The van der Waals surface area contributed by atoms with E-state index in [1.165, 1.54) is 0 Å². The summed E-state index contributed by atoms with van der Waals surface area (Å²) in [6.45, 7) is 7.28. The standard InChI is InChI=1S/C17H26N2O2/c1-17(2,3)15(9-11-20)19-16(21)13-6-4-8-14-12(13)7-5-10-18-14/h4,6,8,15,18,20H,5,7,9-11H2,1-3H3,(H,19,21). The molecule has 1 amide bonds. The smallest absolute Gasteiger partial charge is 0.251 e. The van der Waals surface area contributed by atoms with Crippen molar-refractivity contribution in [2.75, 3.05) is 18.5 Å². The molecule has 1 aromatic rings. The van der Waals surface area contributed by atoms with Gasteiger partial charge in [-0.05, 0) is 42.4 Å². The number of aliphatic hydroxyl groups is 1. The minimum absolute atomic E-state index is 0.0380. The predicted octanol–water partition coefficient (Wildman–Crippen LogP) is 2.57. The molecule has 1 aliphatic heterocycles. The molecule has 1 aliphatic rings. The number of fused-ring (bicyclic) bond motifs is 1. The molecule has 2 rings (SSSR count). The average molecular weight is 290 g/mol. The van der Waals surface area contributed by atoms with Crippen LogP contribution in [-0.2, 0) is 6.42 Å². The lowest BCUT2D eigenvalue weighted by Gasteiger charge is -2.31. The van der Waals surface area contributed by atoms with Crippen molar-refractivity contribution in [2.45, 2.75) is 46.1 Å². The molecule has 0 saturated carbocycles. The summed E-state index contributed by atoms with van der Waals surface area (Å²) in [6, 6.07) is 5.80. The van der Waals surface area contributed by atoms with E-state index in [9.17, 15) is 9.90 Å². The van der Waals surface area contributed by atoms with Crippen LogP contribution in [0.2, 0.25) is 0 Å². The Morgan fingerprint density at radius 2 is 2.19 bits per heavy atom. The fourth-order valence-corrected chi connectivity index (χ4v) is 2.81. The molecule has 0 aliphatic carbocycles. The van der Waals surface area contributed by atoms with Gasteiger partial charge in [-0.2, -0.15) is 0 Å². The number of carbonyl (C=O) groups excluding carboxylic acids is 1. The molecular weight excluding hydrogens is 264 g/mol. The van der Waals surface area contributed by atoms with Crippen LogP contribution in [0.4, 0.5) is 5.69 Å². The summed E-state index contributed by atoms with van der Waals surface area (Å²) in [5, 5.41) is 15.7. The molecule has 1 aromatic carbocycles. The van der Waals surface area contributed by atoms with Crippen LogP contribution >= 0.6 is 0 Å². The predicted molar refractivity (Wildman–Crippen MR) is 85.7 cm³/mol. The Labute approximate surface area is 126 Å². The maximum absolute atomic E-state index is 12.6. The van der Waals surface area contributed by atoms with E-state index in [2.05, 4.69) is 31.4 Å². The van der Waals surface area contributed by atoms with Gasteiger partial charge in [0.25, 0.3) is 5.91 Å². The van der Waals surface area contributed by atoms with Gasteiger partial charge in [-0.25, -0.2) is 0 Å². The lowest BCUT2D eigenvalue weighted by Crippen LogP contribution is -2.44. The van der Waals surface area contributed by atoms with Gasteiger partial charge < -0.3 is 15.7 Å². The molecule has 0 fully saturated rings. The van der Waals surface area contributed by atoms with E-state index in [1.807, 2.05) is 18.2 Å². The van der Waals surface area contributed by atoms with Crippen LogP contribution < -0.4 is 10.6 Å². The van der Waals surface area contributed by atoms with Gasteiger partial charge in [-0.15, -0.1) is 0 Å². The second kappa shape index (κ2) is 6.48. The van der Waals surface area contributed by atoms with Crippen molar-refractivity contribution in [2.24, 2.45) is 5.41 Å². The van der Waals surface area contributed by atoms with Crippen molar-refractivity contribution in [3.63, 3.8) is 0 Å². The molecule has 0 radical (unpaired) electrons. The average Bonchev–Trinajstić information content (AvgIpc) is 2.45. The molecular formula is C17H26N2O2. The second-order valence-corrected chi connectivity index (χ2v) is 6.77. The third kappa shape index (κ3) is 3.76. The zero-order chi connectivity index (χ0) is 15.5. The van der Waals surface area contributed by atoms with E-state index in [-0.39, 0.29) is 24.0 Å². The molecule has 0 saturated heterocycles. The van der Waals surface area contributed by atoms with E-state index >= 15 is 0 Å². The number of aliphatic hydroxyl groups excluding tert-OH is 1. The first-order chi connectivity index (χ1) is 9.93. The van der Waals surface area contributed by atoms with Crippen molar-refractivity contribution < 1.29 is 9.90 Å². The maximum Gasteiger partial charge on any atom is 0.251 e. The molecule has 3 N–H and O–H groups in total. The van der Waals surface area contributed by atoms with E-state index in [0.29, 0.717) is 6.42 Å². The van der Waals surface area contributed by atoms with Crippen molar-refractivity contribution in [1.82, 2.24) is 5.32 Å². The molecule has 21 heavy (non-hydrogen) atoms. The van der Waals surface area contributed by atoms with Crippen LogP contribution in [0.1, 0.15) is 49.5 Å². The highest BCUT2D eigenvalue weighted by molar-refractivity contribution is 5.97. The second-order valence-electron chi connectivity index (χ2n) is 6.77. The number of anilines is 1. The highest BCUT2D eigenvalue weighted by atomic mass is 16.3. The molecule has 116 valence electrons. The van der Waals surface area contributed by atoms with Gasteiger partial charge in [-0.3, -0.25) is 4.79 Å². The highest BCUT2D eigenvalue weighted by Crippen LogP contribution is 2.27. The van der Waals surface area contributed by atoms with Gasteiger partial charge in [0.2, 0.25) is 0 Å². The third-order valence-corrected chi connectivity index (χ3v) is 4.11. The number of rotatable bonds is 4. The van der Waals surface area contributed by atoms with Crippen LogP contribution in [0, 0.1) is 5.41 Å². The summed E-state index contributed by atoms with van der Waals surface area (Å²) >= 11 is 0. The lowest BCUT2D eigenvalue weighted by atomic mass is 9.84. The van der Waals surface area contributed by atoms with Crippen LogP contribution in [0.3, 0.4) is 0 Å². The summed E-state index contributed by atoms with van der Waals surface area (Å²) in [4.78, 5) is 12.6. The summed E-state index contributed by atoms with van der Waals surface area (Å²) < 4.78 is 0. The molecule has 4 heteroatoms. The Morgan fingerprint density at radius 1 is 1.43 bits per heavy atom. The van der Waals surface area contributed by atoms with Crippen molar-refractivity contribution >= 4 is 11.6 Å². The summed E-state index contributed by atoms with van der Waals surface area (Å²) in [5.41, 5.74) is 2.86. The molecule has 0 aromatic heterocycles. The highest BCUT2D eigenvalue weighted by Gasteiger charge is 2.27. The van der Waals surface area contributed by atoms with Crippen molar-refractivity contribution in [3.8, 4) is 0 Å². The van der Waals surface area contributed by atoms with Crippen molar-refractivity contribution in [1.29, 1.82) is 0 Å². The first-order valence-corrected chi connectivity index (χ1v) is 7.71. The van der Waals surface area contributed by atoms with Gasteiger partial charge in [0.15, 0.2) is 0 Å². The minimum Gasteiger partial charge on any atom is -0.396 e. The quantitative estimate of drug-likeness (QED) is 0.798. The molecule has 4 nitrogen and oxygen atoms in total. The Balaban J connectivity index is 2.20. The van der Waals surface area contributed by atoms with E-state index in [1.54, 1.807) is 0 Å². The summed E-state index contributed by atoms with van der Waals surface area (Å²) in [6.07, 6.45) is 2.56. The first kappa shape index (κ1) is 15.8. The zero-order valence-corrected chi connectivity index (χ0v) is 13.2. The number of nitrogens with one attached hydrogen (secondary N) is 2. The molecule has 0 spiro atoms. The first-order valence-electron chi connectivity index (χ1n) is 7.71. The summed E-state index contributed by atoms with van der Waals surface area (Å²) in [7, 11) is 0. The van der Waals surface area contributed by atoms with E-state index in [0.717, 1.165) is 36.2 Å². The van der Waals surface area contributed by atoms with Gasteiger partial charge in [0.1, 0.15) is 0 Å². The van der Waals surface area contributed by atoms with Gasteiger partial charge >= 0.3 is 0 Å². The normalized spacial score (nSPS) is 15.8. The monoisotopic (exact) mass is 290 g/mol. The zero-order valence-electron chi connectivity index (χ0n) is 13.2. The SMILES string of the molecule is CC(C)(C)C(CCO)NC(=O)c1cccc2c1CCCN2. The van der Waals surface area contributed by atoms with Crippen LogP contribution in [0.5, 0.6) is 0 Å².